The molecule has 21 heavy (non-hydrogen) atoms. The summed E-state index contributed by atoms with van der Waals surface area (Å²) in [5, 5.41) is 3.43. The molecule has 0 bridgehead atoms. The number of rotatable bonds is 4. The molecule has 0 aromatic heterocycles. The van der Waals surface area contributed by atoms with Crippen LogP contribution in [0.5, 0.6) is 5.75 Å². The molecule has 1 heterocycles. The molecule has 1 fully saturated rings. The molecule has 0 aliphatic carbocycles. The van der Waals surface area contributed by atoms with E-state index in [1.54, 1.807) is 6.07 Å². The van der Waals surface area contributed by atoms with E-state index in [2.05, 4.69) is 17.4 Å². The van der Waals surface area contributed by atoms with Crippen molar-refractivity contribution in [2.75, 3.05) is 13.1 Å². The SMILES string of the molecule is Fc1cccc(COc2ccc(C3CCCNC3)cc2)c1. The number of piperidine rings is 1. The van der Waals surface area contributed by atoms with Crippen LogP contribution in [-0.4, -0.2) is 13.1 Å². The Balaban J connectivity index is 1.59. The molecule has 0 amide bonds. The van der Waals surface area contributed by atoms with Crippen molar-refractivity contribution in [1.82, 2.24) is 5.32 Å². The summed E-state index contributed by atoms with van der Waals surface area (Å²) in [7, 11) is 0. The van der Waals surface area contributed by atoms with E-state index in [9.17, 15) is 4.39 Å². The van der Waals surface area contributed by atoms with Gasteiger partial charge in [0, 0.05) is 6.54 Å². The van der Waals surface area contributed by atoms with Gasteiger partial charge in [-0.05, 0) is 60.7 Å². The van der Waals surface area contributed by atoms with Gasteiger partial charge in [0.15, 0.2) is 0 Å². The second-order valence-electron chi connectivity index (χ2n) is 5.53. The van der Waals surface area contributed by atoms with Gasteiger partial charge in [-0.3, -0.25) is 0 Å². The van der Waals surface area contributed by atoms with E-state index in [0.717, 1.165) is 24.4 Å². The Hall–Kier alpha value is -1.87. The van der Waals surface area contributed by atoms with Crippen LogP contribution in [0.2, 0.25) is 0 Å². The number of hydrogen-bond donors (Lipinski definition) is 1. The molecular formula is C18H20FNO. The third-order valence-corrected chi connectivity index (χ3v) is 3.94. The summed E-state index contributed by atoms with van der Waals surface area (Å²) < 4.78 is 18.8. The first-order valence-electron chi connectivity index (χ1n) is 7.49. The van der Waals surface area contributed by atoms with E-state index in [0.29, 0.717) is 12.5 Å². The van der Waals surface area contributed by atoms with E-state index in [-0.39, 0.29) is 5.82 Å². The largest absolute Gasteiger partial charge is 0.489 e. The lowest BCUT2D eigenvalue weighted by molar-refractivity contribution is 0.305. The Morgan fingerprint density at radius 3 is 2.71 bits per heavy atom. The van der Waals surface area contributed by atoms with Gasteiger partial charge in [0.2, 0.25) is 0 Å². The molecule has 2 nitrogen and oxygen atoms in total. The van der Waals surface area contributed by atoms with Gasteiger partial charge in [0.05, 0.1) is 0 Å². The van der Waals surface area contributed by atoms with E-state index in [1.165, 1.54) is 30.5 Å². The first-order chi connectivity index (χ1) is 10.3. The predicted molar refractivity (Wildman–Crippen MR) is 82.0 cm³/mol. The van der Waals surface area contributed by atoms with Gasteiger partial charge < -0.3 is 10.1 Å². The molecule has 1 aliphatic heterocycles. The van der Waals surface area contributed by atoms with Crippen LogP contribution in [0.3, 0.4) is 0 Å². The first-order valence-corrected chi connectivity index (χ1v) is 7.49. The van der Waals surface area contributed by atoms with Crippen molar-refractivity contribution in [2.24, 2.45) is 0 Å². The van der Waals surface area contributed by atoms with Crippen LogP contribution in [-0.2, 0) is 6.61 Å². The third-order valence-electron chi connectivity index (χ3n) is 3.94. The average molecular weight is 285 g/mol. The number of benzene rings is 2. The Kier molecular flexibility index (Phi) is 4.51. The highest BCUT2D eigenvalue weighted by Crippen LogP contribution is 2.25. The van der Waals surface area contributed by atoms with Crippen LogP contribution in [0.4, 0.5) is 4.39 Å². The molecule has 3 rings (SSSR count). The first kappa shape index (κ1) is 14.1. The minimum absolute atomic E-state index is 0.226. The van der Waals surface area contributed by atoms with Crippen molar-refractivity contribution in [3.8, 4) is 5.75 Å². The van der Waals surface area contributed by atoms with Crippen molar-refractivity contribution in [3.05, 3.63) is 65.5 Å². The highest BCUT2D eigenvalue weighted by Gasteiger charge is 2.14. The summed E-state index contributed by atoms with van der Waals surface area (Å²) in [5.74, 6) is 1.21. The van der Waals surface area contributed by atoms with Crippen molar-refractivity contribution >= 4 is 0 Å². The molecule has 1 atom stereocenters. The monoisotopic (exact) mass is 285 g/mol. The van der Waals surface area contributed by atoms with Crippen LogP contribution in [0.15, 0.2) is 48.5 Å². The minimum Gasteiger partial charge on any atom is -0.489 e. The Labute approximate surface area is 125 Å². The second-order valence-corrected chi connectivity index (χ2v) is 5.53. The van der Waals surface area contributed by atoms with Gasteiger partial charge in [-0.25, -0.2) is 4.39 Å². The van der Waals surface area contributed by atoms with Crippen molar-refractivity contribution < 1.29 is 9.13 Å². The fourth-order valence-corrected chi connectivity index (χ4v) is 2.77. The molecular weight excluding hydrogens is 265 g/mol. The molecule has 0 saturated carbocycles. The van der Waals surface area contributed by atoms with Gasteiger partial charge in [-0.15, -0.1) is 0 Å². The zero-order chi connectivity index (χ0) is 14.5. The van der Waals surface area contributed by atoms with Gasteiger partial charge >= 0.3 is 0 Å². The van der Waals surface area contributed by atoms with Crippen LogP contribution in [0.1, 0.15) is 29.9 Å². The van der Waals surface area contributed by atoms with Gasteiger partial charge in [0.25, 0.3) is 0 Å². The van der Waals surface area contributed by atoms with E-state index in [1.807, 2.05) is 18.2 Å². The molecule has 1 aliphatic rings. The number of nitrogens with one attached hydrogen (secondary N) is 1. The zero-order valence-electron chi connectivity index (χ0n) is 12.0. The fraction of sp³-hybridized carbons (Fsp3) is 0.333. The summed E-state index contributed by atoms with van der Waals surface area (Å²) in [5.41, 5.74) is 2.20. The molecule has 1 saturated heterocycles. The van der Waals surface area contributed by atoms with Crippen molar-refractivity contribution in [2.45, 2.75) is 25.4 Å². The second kappa shape index (κ2) is 6.72. The predicted octanol–water partition coefficient (Wildman–Crippen LogP) is 3.87. The minimum atomic E-state index is -0.226. The van der Waals surface area contributed by atoms with Crippen LogP contribution < -0.4 is 10.1 Å². The molecule has 3 heteroatoms. The highest BCUT2D eigenvalue weighted by molar-refractivity contribution is 5.30. The van der Waals surface area contributed by atoms with Crippen LogP contribution >= 0.6 is 0 Å². The van der Waals surface area contributed by atoms with Gasteiger partial charge in [0.1, 0.15) is 18.2 Å². The maximum atomic E-state index is 13.1. The summed E-state index contributed by atoms with van der Waals surface area (Å²) in [6.45, 7) is 2.58. The molecule has 1 unspecified atom stereocenters. The standard InChI is InChI=1S/C18H20FNO/c19-17-5-1-3-14(11-17)13-21-18-8-6-15(7-9-18)16-4-2-10-20-12-16/h1,3,5-9,11,16,20H,2,4,10,12-13H2. The molecule has 110 valence electrons. The number of hydrogen-bond acceptors (Lipinski definition) is 2. The van der Waals surface area contributed by atoms with E-state index < -0.39 is 0 Å². The van der Waals surface area contributed by atoms with Crippen LogP contribution in [0, 0.1) is 5.82 Å². The van der Waals surface area contributed by atoms with Crippen molar-refractivity contribution in [1.29, 1.82) is 0 Å². The zero-order valence-corrected chi connectivity index (χ0v) is 12.0. The number of ether oxygens (including phenoxy) is 1. The van der Waals surface area contributed by atoms with Crippen molar-refractivity contribution in [3.63, 3.8) is 0 Å². The normalized spacial score (nSPS) is 18.4. The summed E-state index contributed by atoms with van der Waals surface area (Å²) in [6, 6.07) is 14.8. The molecule has 0 radical (unpaired) electrons. The highest BCUT2D eigenvalue weighted by atomic mass is 19.1. The van der Waals surface area contributed by atoms with Crippen LogP contribution in [0.25, 0.3) is 0 Å². The Morgan fingerprint density at radius 1 is 1.14 bits per heavy atom. The smallest absolute Gasteiger partial charge is 0.123 e. The summed E-state index contributed by atoms with van der Waals surface area (Å²) in [6.07, 6.45) is 2.49. The lowest BCUT2D eigenvalue weighted by Gasteiger charge is -2.23. The lowest BCUT2D eigenvalue weighted by atomic mass is 9.92. The lowest BCUT2D eigenvalue weighted by Crippen LogP contribution is -2.28. The number of halogens is 1. The van der Waals surface area contributed by atoms with Gasteiger partial charge in [-0.1, -0.05) is 24.3 Å². The maximum absolute atomic E-state index is 13.1. The molecule has 2 aromatic carbocycles. The third kappa shape index (κ3) is 3.82. The quantitative estimate of drug-likeness (QED) is 0.920. The summed E-state index contributed by atoms with van der Waals surface area (Å²) in [4.78, 5) is 0. The Bertz CT molecular complexity index is 576. The van der Waals surface area contributed by atoms with Gasteiger partial charge in [-0.2, -0.15) is 0 Å². The van der Waals surface area contributed by atoms with E-state index in [4.69, 9.17) is 4.74 Å². The van der Waals surface area contributed by atoms with E-state index >= 15 is 0 Å². The fourth-order valence-electron chi connectivity index (χ4n) is 2.77. The average Bonchev–Trinajstić information content (AvgIpc) is 2.54. The molecule has 2 aromatic rings. The molecule has 0 spiro atoms. The topological polar surface area (TPSA) is 21.3 Å². The Morgan fingerprint density at radius 2 is 2.00 bits per heavy atom. The maximum Gasteiger partial charge on any atom is 0.123 e. The molecule has 1 N–H and O–H groups in total. The summed E-state index contributed by atoms with van der Waals surface area (Å²) >= 11 is 0.